The van der Waals surface area contributed by atoms with E-state index < -0.39 is 0 Å². The van der Waals surface area contributed by atoms with Gasteiger partial charge in [-0.15, -0.1) is 0 Å². The highest BCUT2D eigenvalue weighted by molar-refractivity contribution is 4.97. The van der Waals surface area contributed by atoms with Gasteiger partial charge in [-0.2, -0.15) is 0 Å². The van der Waals surface area contributed by atoms with Crippen LogP contribution in [0.4, 0.5) is 0 Å². The number of methoxy groups -OCH3 is 1. The summed E-state index contributed by atoms with van der Waals surface area (Å²) in [5.41, 5.74) is 0.332. The molecule has 0 aromatic heterocycles. The zero-order chi connectivity index (χ0) is 14.4. The smallest absolute Gasteiger partial charge is 0.0474 e. The van der Waals surface area contributed by atoms with Crippen molar-refractivity contribution in [1.82, 2.24) is 10.2 Å². The first-order valence-electron chi connectivity index (χ1n) is 8.67. The molecule has 20 heavy (non-hydrogen) atoms. The lowest BCUT2D eigenvalue weighted by Gasteiger charge is -2.50. The number of ether oxygens (including phenoxy) is 1. The first kappa shape index (κ1) is 16.3. The number of rotatable bonds is 6. The van der Waals surface area contributed by atoms with E-state index in [1.54, 1.807) is 0 Å². The molecule has 0 bridgehead atoms. The Morgan fingerprint density at radius 1 is 1.25 bits per heavy atom. The van der Waals surface area contributed by atoms with E-state index in [1.165, 1.54) is 51.6 Å². The van der Waals surface area contributed by atoms with Crippen LogP contribution in [-0.2, 0) is 4.74 Å². The van der Waals surface area contributed by atoms with Crippen LogP contribution < -0.4 is 5.32 Å². The van der Waals surface area contributed by atoms with Gasteiger partial charge in [0.1, 0.15) is 0 Å². The topological polar surface area (TPSA) is 24.5 Å². The maximum absolute atomic E-state index is 5.24. The molecule has 3 heteroatoms. The summed E-state index contributed by atoms with van der Waals surface area (Å²) in [6.07, 6.45) is 9.59. The van der Waals surface area contributed by atoms with Gasteiger partial charge in [0.25, 0.3) is 0 Å². The molecule has 0 amide bonds. The Bertz CT molecular complexity index is 278. The Kier molecular flexibility index (Phi) is 6.31. The molecule has 0 aromatic carbocycles. The Morgan fingerprint density at radius 3 is 2.65 bits per heavy atom. The highest BCUT2D eigenvalue weighted by Gasteiger charge is 2.38. The van der Waals surface area contributed by atoms with Crippen molar-refractivity contribution >= 4 is 0 Å². The van der Waals surface area contributed by atoms with Crippen LogP contribution in [0.1, 0.15) is 58.8 Å². The first-order chi connectivity index (χ1) is 9.69. The third-order valence-corrected chi connectivity index (χ3v) is 5.68. The molecule has 1 N–H and O–H groups in total. The summed E-state index contributed by atoms with van der Waals surface area (Å²) in [6.45, 7) is 9.20. The largest absolute Gasteiger partial charge is 0.385 e. The van der Waals surface area contributed by atoms with E-state index in [9.17, 15) is 0 Å². The predicted molar refractivity (Wildman–Crippen MR) is 85.1 cm³/mol. The van der Waals surface area contributed by atoms with E-state index in [2.05, 4.69) is 24.1 Å². The molecule has 3 nitrogen and oxygen atoms in total. The van der Waals surface area contributed by atoms with Gasteiger partial charge in [-0.05, 0) is 38.5 Å². The second-order valence-electron chi connectivity index (χ2n) is 7.03. The van der Waals surface area contributed by atoms with E-state index in [1.807, 2.05) is 7.11 Å². The fraction of sp³-hybridized carbons (Fsp3) is 1.00. The van der Waals surface area contributed by atoms with Crippen LogP contribution in [0.15, 0.2) is 0 Å². The van der Waals surface area contributed by atoms with Crippen molar-refractivity contribution in [2.75, 3.05) is 33.4 Å². The van der Waals surface area contributed by atoms with Crippen LogP contribution in [0, 0.1) is 5.92 Å². The van der Waals surface area contributed by atoms with Gasteiger partial charge in [-0.25, -0.2) is 0 Å². The van der Waals surface area contributed by atoms with Gasteiger partial charge >= 0.3 is 0 Å². The van der Waals surface area contributed by atoms with E-state index in [4.69, 9.17) is 4.74 Å². The standard InChI is InChI=1S/C17H34N2O/c1-4-17(2)14-18-16(15-9-6-5-7-10-15)13-19(17)11-8-12-20-3/h15-16,18H,4-14H2,1-3H3. The molecule has 2 rings (SSSR count). The summed E-state index contributed by atoms with van der Waals surface area (Å²) in [6, 6.07) is 0.720. The van der Waals surface area contributed by atoms with E-state index in [0.717, 1.165) is 31.5 Å². The van der Waals surface area contributed by atoms with Crippen LogP contribution >= 0.6 is 0 Å². The lowest BCUT2D eigenvalue weighted by molar-refractivity contribution is 0.0235. The average molecular weight is 282 g/mol. The number of nitrogens with zero attached hydrogens (tertiary/aromatic N) is 1. The van der Waals surface area contributed by atoms with Gasteiger partial charge < -0.3 is 10.1 Å². The fourth-order valence-electron chi connectivity index (χ4n) is 3.95. The summed E-state index contributed by atoms with van der Waals surface area (Å²) in [4.78, 5) is 2.74. The molecule has 0 radical (unpaired) electrons. The minimum Gasteiger partial charge on any atom is -0.385 e. The first-order valence-corrected chi connectivity index (χ1v) is 8.67. The molecule has 1 aliphatic heterocycles. The van der Waals surface area contributed by atoms with Gasteiger partial charge in [0.15, 0.2) is 0 Å². The maximum atomic E-state index is 5.24. The van der Waals surface area contributed by atoms with Crippen molar-refractivity contribution in [3.63, 3.8) is 0 Å². The molecule has 118 valence electrons. The van der Waals surface area contributed by atoms with Crippen LogP contribution in [0.5, 0.6) is 0 Å². The highest BCUT2D eigenvalue weighted by atomic mass is 16.5. The van der Waals surface area contributed by atoms with Crippen molar-refractivity contribution in [3.8, 4) is 0 Å². The third kappa shape index (κ3) is 3.96. The Morgan fingerprint density at radius 2 is 2.00 bits per heavy atom. The molecule has 1 saturated heterocycles. The van der Waals surface area contributed by atoms with E-state index >= 15 is 0 Å². The number of hydrogen-bond acceptors (Lipinski definition) is 3. The van der Waals surface area contributed by atoms with Gasteiger partial charge in [0.05, 0.1) is 0 Å². The second-order valence-corrected chi connectivity index (χ2v) is 7.03. The van der Waals surface area contributed by atoms with Crippen LogP contribution in [-0.4, -0.2) is 49.8 Å². The molecular formula is C17H34N2O. The number of piperazine rings is 1. The maximum Gasteiger partial charge on any atom is 0.0474 e. The van der Waals surface area contributed by atoms with Crippen molar-refractivity contribution in [2.45, 2.75) is 70.4 Å². The summed E-state index contributed by atoms with van der Waals surface area (Å²) in [7, 11) is 1.81. The van der Waals surface area contributed by atoms with Crippen molar-refractivity contribution in [3.05, 3.63) is 0 Å². The van der Waals surface area contributed by atoms with E-state index in [0.29, 0.717) is 5.54 Å². The molecule has 1 aliphatic carbocycles. The third-order valence-electron chi connectivity index (χ3n) is 5.68. The zero-order valence-corrected chi connectivity index (χ0v) is 13.8. The Hall–Kier alpha value is -0.120. The minimum atomic E-state index is 0.332. The Balaban J connectivity index is 1.92. The van der Waals surface area contributed by atoms with Crippen molar-refractivity contribution < 1.29 is 4.74 Å². The van der Waals surface area contributed by atoms with Crippen LogP contribution in [0.2, 0.25) is 0 Å². The fourth-order valence-corrected chi connectivity index (χ4v) is 3.95. The van der Waals surface area contributed by atoms with E-state index in [-0.39, 0.29) is 0 Å². The summed E-state index contributed by atoms with van der Waals surface area (Å²) in [5, 5.41) is 3.88. The molecule has 2 aliphatic rings. The minimum absolute atomic E-state index is 0.332. The Labute approximate surface area is 125 Å². The van der Waals surface area contributed by atoms with Crippen LogP contribution in [0.25, 0.3) is 0 Å². The van der Waals surface area contributed by atoms with Crippen molar-refractivity contribution in [1.29, 1.82) is 0 Å². The molecule has 2 fully saturated rings. The summed E-state index contributed by atoms with van der Waals surface area (Å²) >= 11 is 0. The van der Waals surface area contributed by atoms with Gasteiger partial charge in [0.2, 0.25) is 0 Å². The molecular weight excluding hydrogens is 248 g/mol. The van der Waals surface area contributed by atoms with Gasteiger partial charge in [-0.1, -0.05) is 26.2 Å². The lowest BCUT2D eigenvalue weighted by Crippen LogP contribution is -2.64. The molecule has 1 heterocycles. The summed E-state index contributed by atoms with van der Waals surface area (Å²) in [5.74, 6) is 0.912. The quantitative estimate of drug-likeness (QED) is 0.758. The molecule has 0 aromatic rings. The monoisotopic (exact) mass is 282 g/mol. The zero-order valence-electron chi connectivity index (χ0n) is 13.8. The molecule has 1 saturated carbocycles. The second kappa shape index (κ2) is 7.77. The molecule has 2 atom stereocenters. The molecule has 0 spiro atoms. The normalized spacial score (nSPS) is 33.5. The van der Waals surface area contributed by atoms with Crippen molar-refractivity contribution in [2.24, 2.45) is 5.92 Å². The average Bonchev–Trinajstić information content (AvgIpc) is 2.50. The summed E-state index contributed by atoms with van der Waals surface area (Å²) < 4.78 is 5.24. The van der Waals surface area contributed by atoms with Gasteiger partial charge in [0, 0.05) is 44.9 Å². The van der Waals surface area contributed by atoms with Gasteiger partial charge in [-0.3, -0.25) is 4.90 Å². The SMILES string of the molecule is CCC1(C)CNC(C2CCCCC2)CN1CCCOC. The lowest BCUT2D eigenvalue weighted by atomic mass is 9.81. The highest BCUT2D eigenvalue weighted by Crippen LogP contribution is 2.31. The number of nitrogens with one attached hydrogen (secondary N) is 1. The van der Waals surface area contributed by atoms with Crippen LogP contribution in [0.3, 0.4) is 0 Å². The predicted octanol–water partition coefficient (Wildman–Crippen LogP) is 3.05. The molecule has 2 unspecified atom stereocenters. The number of hydrogen-bond donors (Lipinski definition) is 1.